The Morgan fingerprint density at radius 2 is 2.25 bits per heavy atom. The van der Waals surface area contributed by atoms with Crippen molar-refractivity contribution in [1.82, 2.24) is 10.2 Å². The summed E-state index contributed by atoms with van der Waals surface area (Å²) in [5.74, 6) is 2.45. The first-order valence-corrected chi connectivity index (χ1v) is 5.67. The number of rotatable bonds is 4. The average Bonchev–Trinajstić information content (AvgIpc) is 2.28. The van der Waals surface area contributed by atoms with Crippen LogP contribution in [-0.4, -0.2) is 35.3 Å². The molecule has 1 heterocycles. The van der Waals surface area contributed by atoms with Gasteiger partial charge in [-0.05, 0) is 12.8 Å². The van der Waals surface area contributed by atoms with Crippen LogP contribution >= 0.6 is 0 Å². The van der Waals surface area contributed by atoms with Gasteiger partial charge in [0.25, 0.3) is 0 Å². The number of hydrogen-bond donors (Lipinski definition) is 1. The molecule has 0 aromatic heterocycles. The van der Waals surface area contributed by atoms with E-state index in [2.05, 4.69) is 11.2 Å². The zero-order valence-corrected chi connectivity index (χ0v) is 9.82. The second-order valence-electron chi connectivity index (χ2n) is 3.96. The first kappa shape index (κ1) is 12.6. The van der Waals surface area contributed by atoms with Crippen molar-refractivity contribution in [3.63, 3.8) is 0 Å². The molecule has 1 N–H and O–H groups in total. The Labute approximate surface area is 96.4 Å². The molecule has 2 atom stereocenters. The van der Waals surface area contributed by atoms with E-state index in [9.17, 15) is 9.59 Å². The van der Waals surface area contributed by atoms with E-state index >= 15 is 0 Å². The third kappa shape index (κ3) is 2.54. The van der Waals surface area contributed by atoms with Gasteiger partial charge in [0.05, 0.1) is 6.54 Å². The minimum Gasteiger partial charge on any atom is -0.343 e. The molecule has 1 aliphatic heterocycles. The quantitative estimate of drug-likeness (QED) is 0.705. The smallest absolute Gasteiger partial charge is 0.245 e. The van der Waals surface area contributed by atoms with Crippen molar-refractivity contribution in [3.8, 4) is 12.3 Å². The molecule has 2 amide bonds. The molecule has 16 heavy (non-hydrogen) atoms. The number of terminal acetylenes is 1. The number of nitrogens with one attached hydrogen (secondary N) is 1. The lowest BCUT2D eigenvalue weighted by molar-refractivity contribution is -0.146. The van der Waals surface area contributed by atoms with Crippen molar-refractivity contribution in [1.29, 1.82) is 0 Å². The average molecular weight is 222 g/mol. The van der Waals surface area contributed by atoms with Crippen molar-refractivity contribution in [2.45, 2.75) is 45.2 Å². The summed E-state index contributed by atoms with van der Waals surface area (Å²) in [4.78, 5) is 25.1. The molecule has 0 aromatic rings. The van der Waals surface area contributed by atoms with Gasteiger partial charge in [-0.15, -0.1) is 12.3 Å². The van der Waals surface area contributed by atoms with E-state index in [1.54, 1.807) is 4.90 Å². The minimum absolute atomic E-state index is 0.01000. The topological polar surface area (TPSA) is 49.4 Å². The summed E-state index contributed by atoms with van der Waals surface area (Å²) in [5, 5.41) is 2.69. The van der Waals surface area contributed by atoms with Gasteiger partial charge in [0.2, 0.25) is 11.8 Å². The summed E-state index contributed by atoms with van der Waals surface area (Å²) in [5.41, 5.74) is 0. The van der Waals surface area contributed by atoms with E-state index in [1.165, 1.54) is 0 Å². The highest BCUT2D eigenvalue weighted by Crippen LogP contribution is 2.14. The summed E-state index contributed by atoms with van der Waals surface area (Å²) in [6.45, 7) is 3.99. The van der Waals surface area contributed by atoms with Crippen LogP contribution in [-0.2, 0) is 9.59 Å². The monoisotopic (exact) mass is 222 g/mol. The van der Waals surface area contributed by atoms with Crippen LogP contribution in [0.3, 0.4) is 0 Å². The highest BCUT2D eigenvalue weighted by atomic mass is 16.2. The fraction of sp³-hybridized carbons (Fsp3) is 0.667. The van der Waals surface area contributed by atoms with Crippen LogP contribution in [0.15, 0.2) is 0 Å². The van der Waals surface area contributed by atoms with E-state index in [4.69, 9.17) is 6.42 Å². The number of carbonyl (C=O) groups excluding carboxylic acids is 2. The largest absolute Gasteiger partial charge is 0.343 e. The van der Waals surface area contributed by atoms with Gasteiger partial charge >= 0.3 is 0 Å². The second kappa shape index (κ2) is 5.55. The Bertz CT molecular complexity index is 319. The molecule has 2 unspecified atom stereocenters. The zero-order chi connectivity index (χ0) is 12.1. The number of hydrogen-bond acceptors (Lipinski definition) is 2. The maximum Gasteiger partial charge on any atom is 0.245 e. The maximum atomic E-state index is 12.0. The Hall–Kier alpha value is -1.50. The summed E-state index contributed by atoms with van der Waals surface area (Å²) in [7, 11) is 0. The molecule has 0 radical (unpaired) electrons. The maximum absolute atomic E-state index is 12.0. The van der Waals surface area contributed by atoms with Crippen molar-refractivity contribution < 1.29 is 9.59 Å². The molecule has 0 spiro atoms. The lowest BCUT2D eigenvalue weighted by Gasteiger charge is -2.36. The van der Waals surface area contributed by atoms with E-state index in [0.29, 0.717) is 12.8 Å². The molecule has 1 aliphatic rings. The predicted molar refractivity (Wildman–Crippen MR) is 61.5 cm³/mol. The van der Waals surface area contributed by atoms with Gasteiger partial charge in [-0.25, -0.2) is 0 Å². The molecule has 0 saturated carbocycles. The van der Waals surface area contributed by atoms with Gasteiger partial charge < -0.3 is 10.2 Å². The molecule has 0 aliphatic carbocycles. The SMILES string of the molecule is C#CCC(CC)N1CC(=O)NC(CC)C1=O. The van der Waals surface area contributed by atoms with Crippen LogP contribution in [0.5, 0.6) is 0 Å². The first-order chi connectivity index (χ1) is 7.63. The standard InChI is InChI=1S/C12H18N2O2/c1-4-7-9(5-2)14-8-11(15)13-10(6-3)12(14)16/h1,9-10H,5-8H2,2-3H3,(H,13,15). The second-order valence-corrected chi connectivity index (χ2v) is 3.96. The van der Waals surface area contributed by atoms with Crippen LogP contribution in [0.25, 0.3) is 0 Å². The van der Waals surface area contributed by atoms with Gasteiger partial charge in [0.15, 0.2) is 0 Å². The minimum atomic E-state index is -0.381. The Balaban J connectivity index is 2.80. The molecule has 1 saturated heterocycles. The lowest BCUT2D eigenvalue weighted by atomic mass is 10.0. The van der Waals surface area contributed by atoms with E-state index in [1.807, 2.05) is 13.8 Å². The highest BCUT2D eigenvalue weighted by molar-refractivity contribution is 5.95. The van der Waals surface area contributed by atoms with E-state index in [0.717, 1.165) is 6.42 Å². The molecular weight excluding hydrogens is 204 g/mol. The van der Waals surface area contributed by atoms with Gasteiger partial charge in [0, 0.05) is 12.5 Å². The Kier molecular flexibility index (Phi) is 4.36. The van der Waals surface area contributed by atoms with Crippen LogP contribution < -0.4 is 5.32 Å². The van der Waals surface area contributed by atoms with Crippen molar-refractivity contribution in [2.75, 3.05) is 6.54 Å². The van der Waals surface area contributed by atoms with Crippen LogP contribution in [0.4, 0.5) is 0 Å². The number of nitrogens with zero attached hydrogens (tertiary/aromatic N) is 1. The fourth-order valence-electron chi connectivity index (χ4n) is 1.93. The number of amides is 2. The van der Waals surface area contributed by atoms with Crippen LogP contribution in [0, 0.1) is 12.3 Å². The van der Waals surface area contributed by atoms with Crippen molar-refractivity contribution in [2.24, 2.45) is 0 Å². The zero-order valence-electron chi connectivity index (χ0n) is 9.82. The predicted octanol–water partition coefficient (Wildman–Crippen LogP) is 0.525. The lowest BCUT2D eigenvalue weighted by Crippen LogP contribution is -2.60. The molecule has 4 nitrogen and oxygen atoms in total. The summed E-state index contributed by atoms with van der Waals surface area (Å²) < 4.78 is 0. The van der Waals surface area contributed by atoms with Gasteiger partial charge in [-0.3, -0.25) is 9.59 Å². The molecular formula is C12H18N2O2. The van der Waals surface area contributed by atoms with Crippen LogP contribution in [0.2, 0.25) is 0 Å². The van der Waals surface area contributed by atoms with Gasteiger partial charge in [0.1, 0.15) is 6.04 Å². The van der Waals surface area contributed by atoms with Crippen molar-refractivity contribution in [3.05, 3.63) is 0 Å². The molecule has 1 rings (SSSR count). The number of carbonyl (C=O) groups is 2. The van der Waals surface area contributed by atoms with E-state index in [-0.39, 0.29) is 30.4 Å². The third-order valence-electron chi connectivity index (χ3n) is 2.90. The van der Waals surface area contributed by atoms with Crippen molar-refractivity contribution >= 4 is 11.8 Å². The molecule has 88 valence electrons. The fourth-order valence-corrected chi connectivity index (χ4v) is 1.93. The van der Waals surface area contributed by atoms with E-state index < -0.39 is 0 Å². The molecule has 0 bridgehead atoms. The Morgan fingerprint density at radius 1 is 1.56 bits per heavy atom. The molecule has 1 fully saturated rings. The van der Waals surface area contributed by atoms with Crippen LogP contribution in [0.1, 0.15) is 33.1 Å². The molecule has 0 aromatic carbocycles. The first-order valence-electron chi connectivity index (χ1n) is 5.67. The summed E-state index contributed by atoms with van der Waals surface area (Å²) in [6.07, 6.45) is 7.17. The normalized spacial score (nSPS) is 22.6. The highest BCUT2D eigenvalue weighted by Gasteiger charge is 2.34. The van der Waals surface area contributed by atoms with Gasteiger partial charge in [-0.1, -0.05) is 13.8 Å². The summed E-state index contributed by atoms with van der Waals surface area (Å²) >= 11 is 0. The number of piperazine rings is 1. The van der Waals surface area contributed by atoms with Gasteiger partial charge in [-0.2, -0.15) is 0 Å². The third-order valence-corrected chi connectivity index (χ3v) is 2.90. The summed E-state index contributed by atoms with van der Waals surface area (Å²) in [6, 6.07) is -0.398. The Morgan fingerprint density at radius 3 is 2.75 bits per heavy atom. The molecule has 4 heteroatoms.